The zero-order chi connectivity index (χ0) is 18.7. The van der Waals surface area contributed by atoms with Gasteiger partial charge < -0.3 is 5.32 Å². The number of hydrogen-bond acceptors (Lipinski definition) is 3. The first-order chi connectivity index (χ1) is 12.5. The van der Waals surface area contributed by atoms with Crippen molar-refractivity contribution in [1.82, 2.24) is 14.9 Å². The second-order valence-electron chi connectivity index (χ2n) is 5.99. The summed E-state index contributed by atoms with van der Waals surface area (Å²) >= 11 is 3.48. The maximum atomic E-state index is 12.3. The highest BCUT2D eigenvalue weighted by atomic mass is 79.9. The predicted molar refractivity (Wildman–Crippen MR) is 104 cm³/mol. The Hall–Kier alpha value is -2.67. The summed E-state index contributed by atoms with van der Waals surface area (Å²) in [4.78, 5) is 38.6. The molecular weight excluding hydrogens is 398 g/mol. The molecule has 0 spiro atoms. The summed E-state index contributed by atoms with van der Waals surface area (Å²) in [6.07, 6.45) is 0.130. The van der Waals surface area contributed by atoms with Crippen molar-refractivity contribution in [1.29, 1.82) is 0 Å². The van der Waals surface area contributed by atoms with Crippen LogP contribution < -0.4 is 16.6 Å². The molecule has 1 aromatic heterocycles. The highest BCUT2D eigenvalue weighted by Gasteiger charge is 2.13. The van der Waals surface area contributed by atoms with Crippen molar-refractivity contribution in [3.63, 3.8) is 0 Å². The van der Waals surface area contributed by atoms with E-state index in [1.54, 1.807) is 24.3 Å². The molecule has 1 heterocycles. The molecule has 6 nitrogen and oxygen atoms in total. The average Bonchev–Trinajstić information content (AvgIpc) is 2.61. The number of rotatable bonds is 5. The van der Waals surface area contributed by atoms with Gasteiger partial charge >= 0.3 is 5.69 Å². The molecule has 0 radical (unpaired) electrons. The molecule has 3 rings (SSSR count). The summed E-state index contributed by atoms with van der Waals surface area (Å²) in [5.74, 6) is -0.171. The van der Waals surface area contributed by atoms with Gasteiger partial charge in [0.2, 0.25) is 5.91 Å². The first-order valence-electron chi connectivity index (χ1n) is 8.23. The quantitative estimate of drug-likeness (QED) is 0.671. The van der Waals surface area contributed by atoms with Gasteiger partial charge in [-0.05, 0) is 30.7 Å². The number of benzene rings is 2. The van der Waals surface area contributed by atoms with Gasteiger partial charge in [-0.15, -0.1) is 0 Å². The Balaban J connectivity index is 1.75. The Morgan fingerprint density at radius 2 is 1.85 bits per heavy atom. The minimum Gasteiger partial charge on any atom is -0.349 e. The van der Waals surface area contributed by atoms with Crippen molar-refractivity contribution in [2.75, 3.05) is 0 Å². The number of carbonyl (C=O) groups excluding carboxylic acids is 1. The third-order valence-electron chi connectivity index (χ3n) is 4.22. The Bertz CT molecular complexity index is 1070. The van der Waals surface area contributed by atoms with Crippen LogP contribution in [0.4, 0.5) is 0 Å². The van der Waals surface area contributed by atoms with E-state index < -0.39 is 11.2 Å². The zero-order valence-corrected chi connectivity index (χ0v) is 15.7. The topological polar surface area (TPSA) is 84.0 Å². The predicted octanol–water partition coefficient (Wildman–Crippen LogP) is 2.72. The molecule has 0 aliphatic rings. The van der Waals surface area contributed by atoms with Crippen LogP contribution in [0.3, 0.4) is 0 Å². The van der Waals surface area contributed by atoms with Gasteiger partial charge in [0.1, 0.15) is 0 Å². The second kappa shape index (κ2) is 7.70. The molecule has 26 heavy (non-hydrogen) atoms. The lowest BCUT2D eigenvalue weighted by atomic mass is 10.1. The standard InChI is InChI=1S/C19H18BrN3O3/c1-12(13-6-2-4-8-15(13)20)21-17(24)10-11-23-16-9-5-3-7-14(16)18(25)22-19(23)26/h2-9,12H,10-11H2,1H3,(H,21,24)(H,22,25,26)/t12-/m0/s1. The molecule has 0 saturated heterocycles. The lowest BCUT2D eigenvalue weighted by Gasteiger charge is -2.16. The lowest BCUT2D eigenvalue weighted by molar-refractivity contribution is -0.121. The number of H-pyrrole nitrogens is 1. The van der Waals surface area contributed by atoms with E-state index in [0.29, 0.717) is 10.9 Å². The summed E-state index contributed by atoms with van der Waals surface area (Å²) < 4.78 is 2.34. The Labute approximate surface area is 158 Å². The van der Waals surface area contributed by atoms with Crippen molar-refractivity contribution >= 4 is 32.7 Å². The summed E-state index contributed by atoms with van der Waals surface area (Å²) in [6.45, 7) is 2.09. The molecule has 2 aromatic carbocycles. The van der Waals surface area contributed by atoms with Gasteiger partial charge in [-0.25, -0.2) is 4.79 Å². The van der Waals surface area contributed by atoms with Crippen LogP contribution in [0.2, 0.25) is 0 Å². The second-order valence-corrected chi connectivity index (χ2v) is 6.84. The number of carbonyl (C=O) groups is 1. The van der Waals surface area contributed by atoms with Crippen molar-refractivity contribution in [2.24, 2.45) is 0 Å². The molecule has 0 fully saturated rings. The lowest BCUT2D eigenvalue weighted by Crippen LogP contribution is -2.33. The molecule has 3 aromatic rings. The smallest absolute Gasteiger partial charge is 0.328 e. The maximum absolute atomic E-state index is 12.3. The fourth-order valence-electron chi connectivity index (χ4n) is 2.90. The first-order valence-corrected chi connectivity index (χ1v) is 9.02. The van der Waals surface area contributed by atoms with E-state index in [4.69, 9.17) is 0 Å². The van der Waals surface area contributed by atoms with Crippen LogP contribution in [0.1, 0.15) is 24.9 Å². The van der Waals surface area contributed by atoms with Crippen LogP contribution in [0.15, 0.2) is 62.6 Å². The number of nitrogens with zero attached hydrogens (tertiary/aromatic N) is 1. The number of amides is 1. The van der Waals surface area contributed by atoms with Crippen molar-refractivity contribution < 1.29 is 4.79 Å². The van der Waals surface area contributed by atoms with E-state index in [1.165, 1.54) is 4.57 Å². The van der Waals surface area contributed by atoms with Crippen LogP contribution >= 0.6 is 15.9 Å². The highest BCUT2D eigenvalue weighted by Crippen LogP contribution is 2.22. The van der Waals surface area contributed by atoms with E-state index in [1.807, 2.05) is 31.2 Å². The highest BCUT2D eigenvalue weighted by molar-refractivity contribution is 9.10. The van der Waals surface area contributed by atoms with Crippen molar-refractivity contribution in [2.45, 2.75) is 25.9 Å². The fourth-order valence-corrected chi connectivity index (χ4v) is 3.52. The van der Waals surface area contributed by atoms with Crippen LogP contribution in [-0.4, -0.2) is 15.5 Å². The number of aromatic nitrogens is 2. The van der Waals surface area contributed by atoms with Gasteiger partial charge in [0.05, 0.1) is 16.9 Å². The van der Waals surface area contributed by atoms with Gasteiger partial charge in [-0.1, -0.05) is 46.3 Å². The molecule has 134 valence electrons. The van der Waals surface area contributed by atoms with Gasteiger partial charge in [-0.3, -0.25) is 19.1 Å². The van der Waals surface area contributed by atoms with E-state index >= 15 is 0 Å². The number of fused-ring (bicyclic) bond motifs is 1. The monoisotopic (exact) mass is 415 g/mol. The number of para-hydroxylation sites is 1. The van der Waals surface area contributed by atoms with Gasteiger partial charge in [-0.2, -0.15) is 0 Å². The van der Waals surface area contributed by atoms with Gasteiger partial charge in [0.15, 0.2) is 0 Å². The normalized spacial score (nSPS) is 12.1. The van der Waals surface area contributed by atoms with Crippen LogP contribution in [-0.2, 0) is 11.3 Å². The Morgan fingerprint density at radius 3 is 2.62 bits per heavy atom. The summed E-state index contributed by atoms with van der Waals surface area (Å²) in [5.41, 5.74) is 0.564. The van der Waals surface area contributed by atoms with Crippen LogP contribution in [0.5, 0.6) is 0 Å². The minimum absolute atomic E-state index is 0.130. The molecule has 2 N–H and O–H groups in total. The zero-order valence-electron chi connectivity index (χ0n) is 14.2. The molecular formula is C19H18BrN3O3. The SMILES string of the molecule is C[C@H](NC(=O)CCn1c(=O)[nH]c(=O)c2ccccc21)c1ccccc1Br. The third-order valence-corrected chi connectivity index (χ3v) is 4.94. The first kappa shape index (κ1) is 18.1. The molecule has 0 bridgehead atoms. The third kappa shape index (κ3) is 3.77. The Kier molecular flexibility index (Phi) is 5.37. The molecule has 0 saturated carbocycles. The number of aryl methyl sites for hydroxylation is 1. The van der Waals surface area contributed by atoms with E-state index in [-0.39, 0.29) is 24.9 Å². The van der Waals surface area contributed by atoms with Gasteiger partial charge in [0, 0.05) is 17.4 Å². The van der Waals surface area contributed by atoms with Crippen LogP contribution in [0.25, 0.3) is 10.9 Å². The number of hydrogen-bond donors (Lipinski definition) is 2. The van der Waals surface area contributed by atoms with Crippen molar-refractivity contribution in [3.8, 4) is 0 Å². The number of aromatic amines is 1. The summed E-state index contributed by atoms with van der Waals surface area (Å²) in [7, 11) is 0. The molecule has 7 heteroatoms. The molecule has 1 amide bonds. The summed E-state index contributed by atoms with van der Waals surface area (Å²) in [5, 5.41) is 3.36. The molecule has 0 aliphatic heterocycles. The molecule has 0 unspecified atom stereocenters. The number of nitrogens with one attached hydrogen (secondary N) is 2. The summed E-state index contributed by atoms with van der Waals surface area (Å²) in [6, 6.07) is 14.4. The largest absolute Gasteiger partial charge is 0.349 e. The van der Waals surface area contributed by atoms with Crippen LogP contribution in [0, 0.1) is 0 Å². The number of halogens is 1. The Morgan fingerprint density at radius 1 is 1.15 bits per heavy atom. The van der Waals surface area contributed by atoms with Gasteiger partial charge in [0.25, 0.3) is 5.56 Å². The van der Waals surface area contributed by atoms with E-state index in [9.17, 15) is 14.4 Å². The fraction of sp³-hybridized carbons (Fsp3) is 0.211. The average molecular weight is 416 g/mol. The van der Waals surface area contributed by atoms with E-state index in [0.717, 1.165) is 10.0 Å². The minimum atomic E-state index is -0.514. The molecule has 1 atom stereocenters. The van der Waals surface area contributed by atoms with Crippen molar-refractivity contribution in [3.05, 3.63) is 79.4 Å². The van der Waals surface area contributed by atoms with E-state index in [2.05, 4.69) is 26.2 Å². The maximum Gasteiger partial charge on any atom is 0.328 e. The molecule has 0 aliphatic carbocycles.